The topological polar surface area (TPSA) is 72.3 Å². The van der Waals surface area contributed by atoms with Crippen molar-refractivity contribution >= 4 is 17.6 Å². The molecule has 0 unspecified atom stereocenters. The largest absolute Gasteiger partial charge is 0.476 e. The maximum atomic E-state index is 11.1. The number of carboxylic acid groups (broad SMARTS) is 1. The summed E-state index contributed by atoms with van der Waals surface area (Å²) in [5.74, 6) is -0.716. The lowest BCUT2D eigenvalue weighted by Crippen LogP contribution is -2.31. The molecule has 5 nitrogen and oxygen atoms in total. The Hall–Kier alpha value is -1.20. The minimum absolute atomic E-state index is 0.0520. The van der Waals surface area contributed by atoms with Gasteiger partial charge in [0.2, 0.25) is 0 Å². The fourth-order valence-electron chi connectivity index (χ4n) is 2.56. The number of hydrogen-bond acceptors (Lipinski definition) is 4. The van der Waals surface area contributed by atoms with E-state index in [2.05, 4.69) is 9.97 Å². The van der Waals surface area contributed by atoms with Crippen molar-refractivity contribution in [1.29, 1.82) is 0 Å². The van der Waals surface area contributed by atoms with Gasteiger partial charge < -0.3 is 9.84 Å². The summed E-state index contributed by atoms with van der Waals surface area (Å²) in [5.41, 5.74) is -0.738. The second kappa shape index (κ2) is 5.84. The van der Waals surface area contributed by atoms with Crippen LogP contribution in [0.15, 0.2) is 6.20 Å². The van der Waals surface area contributed by atoms with E-state index in [0.717, 1.165) is 38.5 Å². The molecule has 0 spiro atoms. The van der Waals surface area contributed by atoms with E-state index in [4.69, 9.17) is 21.4 Å². The highest BCUT2D eigenvalue weighted by Gasteiger charge is 2.36. The van der Waals surface area contributed by atoms with Crippen LogP contribution in [-0.2, 0) is 10.3 Å². The molecule has 1 saturated carbocycles. The molecule has 104 valence electrons. The Morgan fingerprint density at radius 2 is 2.00 bits per heavy atom. The molecule has 0 aliphatic heterocycles. The zero-order chi connectivity index (χ0) is 13.9. The van der Waals surface area contributed by atoms with Gasteiger partial charge in [-0.25, -0.2) is 14.8 Å². The highest BCUT2D eigenvalue weighted by atomic mass is 35.5. The average Bonchev–Trinajstić information content (AvgIpc) is 2.65. The summed E-state index contributed by atoms with van der Waals surface area (Å²) >= 11 is 5.80. The van der Waals surface area contributed by atoms with Gasteiger partial charge in [-0.15, -0.1) is 0 Å². The van der Waals surface area contributed by atoms with Crippen LogP contribution in [0.2, 0.25) is 5.02 Å². The molecule has 0 atom stereocenters. The van der Waals surface area contributed by atoms with Gasteiger partial charge in [0.15, 0.2) is 11.5 Å². The van der Waals surface area contributed by atoms with Gasteiger partial charge in [-0.05, 0) is 12.8 Å². The van der Waals surface area contributed by atoms with Crippen LogP contribution >= 0.6 is 11.6 Å². The highest BCUT2D eigenvalue weighted by molar-refractivity contribution is 6.33. The third-order valence-corrected chi connectivity index (χ3v) is 3.93. The van der Waals surface area contributed by atoms with Crippen LogP contribution in [-0.4, -0.2) is 28.2 Å². The molecular formula is C13H17ClN2O3. The number of rotatable bonds is 3. The van der Waals surface area contributed by atoms with Crippen molar-refractivity contribution in [3.8, 4) is 0 Å². The van der Waals surface area contributed by atoms with Gasteiger partial charge in [0.25, 0.3) is 0 Å². The number of aromatic carboxylic acids is 1. The van der Waals surface area contributed by atoms with E-state index in [1.54, 1.807) is 7.11 Å². The van der Waals surface area contributed by atoms with Crippen molar-refractivity contribution in [2.45, 2.75) is 44.1 Å². The van der Waals surface area contributed by atoms with Gasteiger partial charge in [0.1, 0.15) is 5.60 Å². The van der Waals surface area contributed by atoms with E-state index in [9.17, 15) is 4.79 Å². The van der Waals surface area contributed by atoms with Crippen molar-refractivity contribution in [2.24, 2.45) is 0 Å². The number of carboxylic acids is 1. The quantitative estimate of drug-likeness (QED) is 0.864. The molecule has 1 fully saturated rings. The van der Waals surface area contributed by atoms with Gasteiger partial charge in [0.05, 0.1) is 11.2 Å². The van der Waals surface area contributed by atoms with Crippen LogP contribution in [0, 0.1) is 0 Å². The fourth-order valence-corrected chi connectivity index (χ4v) is 2.73. The summed E-state index contributed by atoms with van der Waals surface area (Å²) in [6.07, 6.45) is 7.34. The predicted octanol–water partition coefficient (Wildman–Crippen LogP) is 3.02. The van der Waals surface area contributed by atoms with E-state index in [-0.39, 0.29) is 10.7 Å². The van der Waals surface area contributed by atoms with Crippen molar-refractivity contribution < 1.29 is 14.6 Å². The number of aromatic nitrogens is 2. The van der Waals surface area contributed by atoms with Crippen molar-refractivity contribution in [1.82, 2.24) is 9.97 Å². The van der Waals surface area contributed by atoms with Gasteiger partial charge in [-0.1, -0.05) is 37.3 Å². The maximum Gasteiger partial charge on any atom is 0.356 e. The van der Waals surface area contributed by atoms with Crippen LogP contribution in [0.1, 0.15) is 54.8 Å². The second-order valence-electron chi connectivity index (χ2n) is 4.81. The van der Waals surface area contributed by atoms with E-state index in [1.807, 2.05) is 0 Å². The fraction of sp³-hybridized carbons (Fsp3) is 0.615. The number of carbonyl (C=O) groups is 1. The molecule has 1 N–H and O–H groups in total. The summed E-state index contributed by atoms with van der Waals surface area (Å²) in [5, 5.41) is 9.14. The summed E-state index contributed by atoms with van der Waals surface area (Å²) in [7, 11) is 1.63. The molecule has 1 heterocycles. The minimum atomic E-state index is -1.14. The normalized spacial score (nSPS) is 18.8. The third kappa shape index (κ3) is 2.87. The standard InChI is InChI=1S/C13H17ClN2O3/c1-19-13(6-4-2-3-5-7-13)12-15-8-9(14)10(16-12)11(17)18/h8H,2-7H2,1H3,(H,17,18). The number of hydrogen-bond donors (Lipinski definition) is 1. The van der Waals surface area contributed by atoms with Crippen molar-refractivity contribution in [3.63, 3.8) is 0 Å². The van der Waals surface area contributed by atoms with Crippen LogP contribution in [0.4, 0.5) is 0 Å². The highest BCUT2D eigenvalue weighted by Crippen LogP contribution is 2.37. The Labute approximate surface area is 117 Å². The first kappa shape index (κ1) is 14.2. The predicted molar refractivity (Wildman–Crippen MR) is 70.4 cm³/mol. The molecule has 19 heavy (non-hydrogen) atoms. The summed E-state index contributed by atoms with van der Waals surface area (Å²) in [4.78, 5) is 19.4. The van der Waals surface area contributed by atoms with Crippen molar-refractivity contribution in [3.05, 3.63) is 22.7 Å². The summed E-state index contributed by atoms with van der Waals surface area (Å²) < 4.78 is 5.66. The minimum Gasteiger partial charge on any atom is -0.476 e. The zero-order valence-electron chi connectivity index (χ0n) is 10.9. The molecular weight excluding hydrogens is 268 g/mol. The molecule has 0 saturated heterocycles. The first-order valence-electron chi connectivity index (χ1n) is 6.40. The van der Waals surface area contributed by atoms with Crippen LogP contribution < -0.4 is 0 Å². The number of halogens is 1. The first-order chi connectivity index (χ1) is 9.09. The molecule has 0 radical (unpaired) electrons. The Bertz CT molecular complexity index is 471. The lowest BCUT2D eigenvalue weighted by Gasteiger charge is -2.29. The van der Waals surface area contributed by atoms with Crippen LogP contribution in [0.25, 0.3) is 0 Å². The Kier molecular flexibility index (Phi) is 4.37. The SMILES string of the molecule is COC1(c2ncc(Cl)c(C(=O)O)n2)CCCCCC1. The monoisotopic (exact) mass is 284 g/mol. The molecule has 1 aromatic heterocycles. The summed E-state index contributed by atoms with van der Waals surface area (Å²) in [6.45, 7) is 0. The number of ether oxygens (including phenoxy) is 1. The van der Waals surface area contributed by atoms with E-state index < -0.39 is 11.6 Å². The van der Waals surface area contributed by atoms with Crippen LogP contribution in [0.5, 0.6) is 0 Å². The van der Waals surface area contributed by atoms with E-state index >= 15 is 0 Å². The Morgan fingerprint density at radius 3 is 2.53 bits per heavy atom. The van der Waals surface area contributed by atoms with E-state index in [1.165, 1.54) is 6.20 Å². The first-order valence-corrected chi connectivity index (χ1v) is 6.78. The number of nitrogens with zero attached hydrogens (tertiary/aromatic N) is 2. The molecule has 6 heteroatoms. The molecule has 2 rings (SSSR count). The molecule has 0 bridgehead atoms. The lowest BCUT2D eigenvalue weighted by atomic mass is 9.93. The lowest BCUT2D eigenvalue weighted by molar-refractivity contribution is -0.0353. The Morgan fingerprint density at radius 1 is 1.37 bits per heavy atom. The smallest absolute Gasteiger partial charge is 0.356 e. The van der Waals surface area contributed by atoms with Gasteiger partial charge >= 0.3 is 5.97 Å². The maximum absolute atomic E-state index is 11.1. The molecule has 1 aliphatic rings. The molecule has 1 aromatic rings. The zero-order valence-corrected chi connectivity index (χ0v) is 11.6. The van der Waals surface area contributed by atoms with Gasteiger partial charge in [-0.2, -0.15) is 0 Å². The van der Waals surface area contributed by atoms with Crippen molar-refractivity contribution in [2.75, 3.05) is 7.11 Å². The summed E-state index contributed by atoms with van der Waals surface area (Å²) in [6, 6.07) is 0. The Balaban J connectivity index is 2.42. The number of methoxy groups -OCH3 is 1. The van der Waals surface area contributed by atoms with Gasteiger partial charge in [0, 0.05) is 7.11 Å². The molecule has 0 amide bonds. The van der Waals surface area contributed by atoms with E-state index in [0.29, 0.717) is 5.82 Å². The van der Waals surface area contributed by atoms with Gasteiger partial charge in [-0.3, -0.25) is 0 Å². The van der Waals surface area contributed by atoms with Crippen LogP contribution in [0.3, 0.4) is 0 Å². The molecule has 0 aromatic carbocycles. The third-order valence-electron chi connectivity index (χ3n) is 3.66. The molecule has 1 aliphatic carbocycles. The second-order valence-corrected chi connectivity index (χ2v) is 5.22. The average molecular weight is 285 g/mol.